The molecule has 18 heavy (non-hydrogen) atoms. The maximum atomic E-state index is 6.25. The summed E-state index contributed by atoms with van der Waals surface area (Å²) in [4.78, 5) is 0. The van der Waals surface area contributed by atoms with Crippen LogP contribution in [0.5, 0.6) is 5.75 Å². The van der Waals surface area contributed by atoms with Crippen molar-refractivity contribution in [2.75, 3.05) is 0 Å². The molecule has 1 aliphatic heterocycles. The zero-order chi connectivity index (χ0) is 11.7. The number of hydrogen-bond acceptors (Lipinski definition) is 1. The van der Waals surface area contributed by atoms with Crippen molar-refractivity contribution in [3.05, 3.63) is 53.1 Å². The van der Waals surface area contributed by atoms with E-state index in [2.05, 4.69) is 36.4 Å². The second-order valence-corrected chi connectivity index (χ2v) is 6.10. The average molecular weight is 236 g/mol. The Morgan fingerprint density at radius 2 is 2.28 bits per heavy atom. The van der Waals surface area contributed by atoms with Crippen molar-refractivity contribution in [3.8, 4) is 5.75 Å². The van der Waals surface area contributed by atoms with Crippen LogP contribution >= 0.6 is 0 Å². The van der Waals surface area contributed by atoms with Gasteiger partial charge in [0, 0.05) is 5.56 Å². The monoisotopic (exact) mass is 236 g/mol. The fourth-order valence-electron chi connectivity index (χ4n) is 4.82. The number of rotatable bonds is 0. The van der Waals surface area contributed by atoms with E-state index in [1.807, 2.05) is 0 Å². The predicted octanol–water partition coefficient (Wildman–Crippen LogP) is 3.54. The molecule has 0 amide bonds. The third-order valence-corrected chi connectivity index (χ3v) is 5.40. The van der Waals surface area contributed by atoms with Gasteiger partial charge in [-0.25, -0.2) is 0 Å². The molecular formula is C17H16O. The standard InChI is InChI=1S/C17H16O/c1-4-12-10-11-5-3-9-17-13(11)6-2-8-15(17)18-14(7-1)16(12)17/h1-2,4,6-8,11,15H,3,5,9-10H2/t11-,15?,17-/m1/s1. The van der Waals surface area contributed by atoms with Crippen LogP contribution in [0, 0.1) is 5.92 Å². The molecule has 0 saturated heterocycles. The van der Waals surface area contributed by atoms with E-state index in [4.69, 9.17) is 4.74 Å². The van der Waals surface area contributed by atoms with Gasteiger partial charge in [0.25, 0.3) is 0 Å². The van der Waals surface area contributed by atoms with Gasteiger partial charge in [0.15, 0.2) is 0 Å². The summed E-state index contributed by atoms with van der Waals surface area (Å²) >= 11 is 0. The second kappa shape index (κ2) is 2.90. The fraction of sp³-hybridized carbons (Fsp3) is 0.412. The van der Waals surface area contributed by atoms with E-state index in [0.717, 1.165) is 11.7 Å². The lowest BCUT2D eigenvalue weighted by atomic mass is 9.54. The number of ether oxygens (including phenoxy) is 1. The Kier molecular flexibility index (Phi) is 1.52. The average Bonchev–Trinajstić information content (AvgIpc) is 2.70. The van der Waals surface area contributed by atoms with E-state index in [0.29, 0.717) is 0 Å². The summed E-state index contributed by atoms with van der Waals surface area (Å²) in [7, 11) is 0. The zero-order valence-electron chi connectivity index (χ0n) is 10.4. The minimum Gasteiger partial charge on any atom is -0.485 e. The van der Waals surface area contributed by atoms with Crippen LogP contribution in [0.1, 0.15) is 30.4 Å². The van der Waals surface area contributed by atoms with Gasteiger partial charge in [0.05, 0.1) is 5.41 Å². The molecule has 1 spiro atoms. The van der Waals surface area contributed by atoms with E-state index in [1.165, 1.54) is 31.2 Å². The Hall–Kier alpha value is -1.50. The maximum Gasteiger partial charge on any atom is 0.131 e. The zero-order valence-corrected chi connectivity index (χ0v) is 10.4. The van der Waals surface area contributed by atoms with Crippen LogP contribution in [0.2, 0.25) is 0 Å². The predicted molar refractivity (Wildman–Crippen MR) is 70.8 cm³/mol. The summed E-state index contributed by atoms with van der Waals surface area (Å²) in [6, 6.07) is 6.64. The molecule has 0 N–H and O–H groups in total. The molecule has 1 nitrogen and oxygen atoms in total. The van der Waals surface area contributed by atoms with Crippen molar-refractivity contribution in [2.24, 2.45) is 5.92 Å². The SMILES string of the molecule is C1=CC2Oc3cccc4c3[C@@]23CCC[C@H](C4)C3=C1. The van der Waals surface area contributed by atoms with Crippen LogP contribution in [0.25, 0.3) is 0 Å². The van der Waals surface area contributed by atoms with Crippen LogP contribution in [-0.4, -0.2) is 6.10 Å². The molecule has 1 fully saturated rings. The highest BCUT2D eigenvalue weighted by molar-refractivity contribution is 5.62. The summed E-state index contributed by atoms with van der Waals surface area (Å²) in [6.45, 7) is 0. The molecule has 0 radical (unpaired) electrons. The van der Waals surface area contributed by atoms with Crippen LogP contribution in [0.4, 0.5) is 0 Å². The Morgan fingerprint density at radius 3 is 3.28 bits per heavy atom. The molecule has 90 valence electrons. The van der Waals surface area contributed by atoms with Crippen LogP contribution in [-0.2, 0) is 11.8 Å². The smallest absolute Gasteiger partial charge is 0.131 e. The highest BCUT2D eigenvalue weighted by Gasteiger charge is 2.57. The summed E-state index contributed by atoms with van der Waals surface area (Å²) in [6.07, 6.45) is 12.3. The first kappa shape index (κ1) is 9.43. The van der Waals surface area contributed by atoms with Gasteiger partial charge in [-0.05, 0) is 42.9 Å². The van der Waals surface area contributed by atoms with Gasteiger partial charge in [-0.1, -0.05) is 36.3 Å². The molecule has 0 aromatic heterocycles. The van der Waals surface area contributed by atoms with Crippen molar-refractivity contribution in [3.63, 3.8) is 0 Å². The lowest BCUT2D eigenvalue weighted by molar-refractivity contribution is 0.167. The maximum absolute atomic E-state index is 6.25. The molecule has 5 rings (SSSR count). The van der Waals surface area contributed by atoms with Crippen molar-refractivity contribution >= 4 is 0 Å². The van der Waals surface area contributed by atoms with Gasteiger partial charge in [0.2, 0.25) is 0 Å². The van der Waals surface area contributed by atoms with E-state index in [-0.39, 0.29) is 11.5 Å². The van der Waals surface area contributed by atoms with Crippen molar-refractivity contribution < 1.29 is 4.74 Å². The molecule has 1 heteroatoms. The molecule has 1 heterocycles. The first-order valence-corrected chi connectivity index (χ1v) is 7.07. The Balaban J connectivity index is 1.91. The highest BCUT2D eigenvalue weighted by atomic mass is 16.5. The van der Waals surface area contributed by atoms with Gasteiger partial charge in [0.1, 0.15) is 11.9 Å². The van der Waals surface area contributed by atoms with Gasteiger partial charge in [-0.2, -0.15) is 0 Å². The summed E-state index contributed by atoms with van der Waals surface area (Å²) in [5, 5.41) is 0. The van der Waals surface area contributed by atoms with Gasteiger partial charge >= 0.3 is 0 Å². The number of hydrogen-bond donors (Lipinski definition) is 0. The molecule has 2 bridgehead atoms. The first-order valence-electron chi connectivity index (χ1n) is 7.07. The summed E-state index contributed by atoms with van der Waals surface area (Å²) < 4.78 is 6.25. The first-order chi connectivity index (χ1) is 8.89. The van der Waals surface area contributed by atoms with E-state index < -0.39 is 0 Å². The second-order valence-electron chi connectivity index (χ2n) is 6.10. The molecule has 3 aliphatic carbocycles. The van der Waals surface area contributed by atoms with E-state index in [9.17, 15) is 0 Å². The third-order valence-electron chi connectivity index (χ3n) is 5.40. The lowest BCUT2D eigenvalue weighted by Crippen LogP contribution is -2.48. The molecule has 1 aromatic rings. The number of allylic oxidation sites excluding steroid dienone is 2. The van der Waals surface area contributed by atoms with E-state index in [1.54, 1.807) is 11.1 Å². The van der Waals surface area contributed by atoms with Gasteiger partial charge in [-0.3, -0.25) is 0 Å². The van der Waals surface area contributed by atoms with Crippen LogP contribution in [0.3, 0.4) is 0 Å². The fourth-order valence-corrected chi connectivity index (χ4v) is 4.82. The molecule has 1 unspecified atom stereocenters. The third kappa shape index (κ3) is 0.858. The molecule has 3 atom stereocenters. The van der Waals surface area contributed by atoms with Crippen molar-refractivity contribution in [1.82, 2.24) is 0 Å². The van der Waals surface area contributed by atoms with Crippen LogP contribution < -0.4 is 4.74 Å². The Bertz CT molecular complexity index is 610. The summed E-state index contributed by atoms with van der Waals surface area (Å²) in [5.74, 6) is 1.91. The molecule has 1 aromatic carbocycles. The lowest BCUT2D eigenvalue weighted by Gasteiger charge is -2.48. The van der Waals surface area contributed by atoms with E-state index >= 15 is 0 Å². The molecule has 1 saturated carbocycles. The minimum absolute atomic E-state index is 0.210. The van der Waals surface area contributed by atoms with Gasteiger partial charge in [-0.15, -0.1) is 0 Å². The highest BCUT2D eigenvalue weighted by Crippen LogP contribution is 2.61. The van der Waals surface area contributed by atoms with Crippen molar-refractivity contribution in [1.29, 1.82) is 0 Å². The normalized spacial score (nSPS) is 37.9. The quantitative estimate of drug-likeness (QED) is 0.669. The largest absolute Gasteiger partial charge is 0.485 e. The minimum atomic E-state index is 0.210. The van der Waals surface area contributed by atoms with Crippen LogP contribution in [0.15, 0.2) is 42.0 Å². The Labute approximate surface area is 107 Å². The number of benzene rings is 1. The Morgan fingerprint density at radius 1 is 1.28 bits per heavy atom. The summed E-state index contributed by atoms with van der Waals surface area (Å²) in [5.41, 5.74) is 4.95. The topological polar surface area (TPSA) is 9.23 Å². The van der Waals surface area contributed by atoms with Crippen molar-refractivity contribution in [2.45, 2.75) is 37.2 Å². The molecular weight excluding hydrogens is 220 g/mol. The molecule has 4 aliphatic rings. The van der Waals surface area contributed by atoms with Gasteiger partial charge < -0.3 is 4.74 Å².